The molecule has 2 aliphatic rings. The minimum atomic E-state index is 0.502. The molecule has 0 aromatic carbocycles. The molecule has 2 nitrogen and oxygen atoms in total. The number of piperidine rings is 1. The maximum absolute atomic E-state index is 3.82. The van der Waals surface area contributed by atoms with Crippen LogP contribution in [0.15, 0.2) is 0 Å². The van der Waals surface area contributed by atoms with Crippen LogP contribution in [0.3, 0.4) is 0 Å². The molecule has 2 rings (SSSR count). The molecule has 1 aliphatic carbocycles. The summed E-state index contributed by atoms with van der Waals surface area (Å²) in [6.45, 7) is 14.7. The summed E-state index contributed by atoms with van der Waals surface area (Å²) < 4.78 is 0. The van der Waals surface area contributed by atoms with Crippen molar-refractivity contribution < 1.29 is 0 Å². The van der Waals surface area contributed by atoms with E-state index in [2.05, 4.69) is 37.9 Å². The molecule has 1 saturated heterocycles. The molecule has 1 aliphatic heterocycles. The summed E-state index contributed by atoms with van der Waals surface area (Å²) in [5.41, 5.74) is 0.502. The van der Waals surface area contributed by atoms with Crippen molar-refractivity contribution in [3.05, 3.63) is 0 Å². The monoisotopic (exact) mass is 280 g/mol. The number of rotatable bonds is 4. The van der Waals surface area contributed by atoms with Crippen LogP contribution in [0.5, 0.6) is 0 Å². The SMILES string of the molecule is CC1CCCCC1NCCN1CCC(C(C)(C)C)CC1. The number of nitrogens with one attached hydrogen (secondary N) is 1. The molecule has 1 saturated carbocycles. The largest absolute Gasteiger partial charge is 0.312 e. The van der Waals surface area contributed by atoms with Gasteiger partial charge in [-0.2, -0.15) is 0 Å². The third-order valence-electron chi connectivity index (χ3n) is 5.76. The third-order valence-corrected chi connectivity index (χ3v) is 5.76. The maximum atomic E-state index is 3.82. The summed E-state index contributed by atoms with van der Waals surface area (Å²) in [7, 11) is 0. The van der Waals surface area contributed by atoms with Crippen LogP contribution in [0.4, 0.5) is 0 Å². The number of nitrogens with zero attached hydrogens (tertiary/aromatic N) is 1. The van der Waals surface area contributed by atoms with Crippen molar-refractivity contribution in [2.45, 2.75) is 72.3 Å². The van der Waals surface area contributed by atoms with Crippen molar-refractivity contribution in [1.29, 1.82) is 0 Å². The normalized spacial score (nSPS) is 30.6. The summed E-state index contributed by atoms with van der Waals surface area (Å²) in [5.74, 6) is 1.81. The standard InChI is InChI=1S/C18H36N2/c1-15-7-5-6-8-17(15)19-11-14-20-12-9-16(10-13-20)18(2,3)4/h15-17,19H,5-14H2,1-4H3. The van der Waals surface area contributed by atoms with E-state index in [1.54, 1.807) is 0 Å². The van der Waals surface area contributed by atoms with E-state index in [1.807, 2.05) is 0 Å². The van der Waals surface area contributed by atoms with Crippen molar-refractivity contribution in [3.8, 4) is 0 Å². The molecule has 0 aromatic heterocycles. The predicted molar refractivity (Wildman–Crippen MR) is 88.0 cm³/mol. The highest BCUT2D eigenvalue weighted by molar-refractivity contribution is 4.82. The van der Waals surface area contributed by atoms with Gasteiger partial charge in [0.2, 0.25) is 0 Å². The fourth-order valence-electron chi connectivity index (χ4n) is 4.05. The first-order valence-electron chi connectivity index (χ1n) is 8.92. The van der Waals surface area contributed by atoms with Crippen molar-refractivity contribution >= 4 is 0 Å². The Morgan fingerprint density at radius 1 is 1.00 bits per heavy atom. The van der Waals surface area contributed by atoms with Gasteiger partial charge in [0.15, 0.2) is 0 Å². The third kappa shape index (κ3) is 4.73. The topological polar surface area (TPSA) is 15.3 Å². The molecule has 20 heavy (non-hydrogen) atoms. The van der Waals surface area contributed by atoms with E-state index in [-0.39, 0.29) is 0 Å². The van der Waals surface area contributed by atoms with Crippen LogP contribution >= 0.6 is 0 Å². The van der Waals surface area contributed by atoms with Gasteiger partial charge in [0, 0.05) is 19.1 Å². The Morgan fingerprint density at radius 3 is 2.25 bits per heavy atom. The second-order valence-electron chi connectivity index (χ2n) is 8.30. The predicted octanol–water partition coefficient (Wildman–Crippen LogP) is 3.91. The number of hydrogen-bond donors (Lipinski definition) is 1. The van der Waals surface area contributed by atoms with Crippen LogP contribution in [-0.4, -0.2) is 37.1 Å². The van der Waals surface area contributed by atoms with Gasteiger partial charge in [0.05, 0.1) is 0 Å². The highest BCUT2D eigenvalue weighted by Gasteiger charge is 2.28. The lowest BCUT2D eigenvalue weighted by Crippen LogP contribution is -2.44. The fraction of sp³-hybridized carbons (Fsp3) is 1.00. The van der Waals surface area contributed by atoms with E-state index in [9.17, 15) is 0 Å². The van der Waals surface area contributed by atoms with E-state index in [0.717, 1.165) is 17.9 Å². The zero-order chi connectivity index (χ0) is 14.6. The Morgan fingerprint density at radius 2 is 1.65 bits per heavy atom. The molecule has 0 bridgehead atoms. The molecule has 1 N–H and O–H groups in total. The first kappa shape index (κ1) is 16.3. The zero-order valence-corrected chi connectivity index (χ0v) is 14.3. The second-order valence-corrected chi connectivity index (χ2v) is 8.30. The van der Waals surface area contributed by atoms with Gasteiger partial charge in [0.1, 0.15) is 0 Å². The van der Waals surface area contributed by atoms with Gasteiger partial charge in [-0.05, 0) is 56.0 Å². The highest BCUT2D eigenvalue weighted by atomic mass is 15.1. The van der Waals surface area contributed by atoms with Gasteiger partial charge in [-0.25, -0.2) is 0 Å². The van der Waals surface area contributed by atoms with Gasteiger partial charge in [0.25, 0.3) is 0 Å². The molecule has 118 valence electrons. The summed E-state index contributed by atoms with van der Waals surface area (Å²) in [5, 5.41) is 3.82. The Kier molecular flexibility index (Phi) is 5.92. The smallest absolute Gasteiger partial charge is 0.0107 e. The lowest BCUT2D eigenvalue weighted by atomic mass is 9.75. The first-order chi connectivity index (χ1) is 9.47. The molecule has 0 spiro atoms. The fourth-order valence-corrected chi connectivity index (χ4v) is 4.05. The summed E-state index contributed by atoms with van der Waals surface area (Å²) in [6.07, 6.45) is 8.48. The molecule has 0 aromatic rings. The van der Waals surface area contributed by atoms with Crippen molar-refractivity contribution in [3.63, 3.8) is 0 Å². The number of likely N-dealkylation sites (tertiary alicyclic amines) is 1. The minimum absolute atomic E-state index is 0.502. The molecule has 0 amide bonds. The Hall–Kier alpha value is -0.0800. The maximum Gasteiger partial charge on any atom is 0.0107 e. The van der Waals surface area contributed by atoms with Gasteiger partial charge >= 0.3 is 0 Å². The highest BCUT2D eigenvalue weighted by Crippen LogP contribution is 2.34. The Balaban J connectivity index is 1.61. The summed E-state index contributed by atoms with van der Waals surface area (Å²) in [4.78, 5) is 2.67. The quantitative estimate of drug-likeness (QED) is 0.840. The molecule has 2 unspecified atom stereocenters. The van der Waals surface area contributed by atoms with E-state index >= 15 is 0 Å². The van der Waals surface area contributed by atoms with Crippen molar-refractivity contribution in [1.82, 2.24) is 10.2 Å². The molecule has 0 radical (unpaired) electrons. The summed E-state index contributed by atoms with van der Waals surface area (Å²) >= 11 is 0. The minimum Gasteiger partial charge on any atom is -0.312 e. The molecular weight excluding hydrogens is 244 g/mol. The van der Waals surface area contributed by atoms with Crippen LogP contribution in [0.25, 0.3) is 0 Å². The Labute approximate surface area is 126 Å². The summed E-state index contributed by atoms with van der Waals surface area (Å²) in [6, 6.07) is 0.788. The second kappa shape index (κ2) is 7.26. The molecule has 1 heterocycles. The van der Waals surface area contributed by atoms with E-state index in [1.165, 1.54) is 64.7 Å². The van der Waals surface area contributed by atoms with Crippen LogP contribution in [0.2, 0.25) is 0 Å². The van der Waals surface area contributed by atoms with E-state index < -0.39 is 0 Å². The van der Waals surface area contributed by atoms with Gasteiger partial charge in [-0.3, -0.25) is 0 Å². The lowest BCUT2D eigenvalue weighted by Gasteiger charge is -2.39. The average molecular weight is 281 g/mol. The van der Waals surface area contributed by atoms with Gasteiger partial charge < -0.3 is 10.2 Å². The molecular formula is C18H36N2. The number of hydrogen-bond acceptors (Lipinski definition) is 2. The lowest BCUT2D eigenvalue weighted by molar-refractivity contribution is 0.111. The zero-order valence-electron chi connectivity index (χ0n) is 14.3. The van der Waals surface area contributed by atoms with Gasteiger partial charge in [-0.1, -0.05) is 40.5 Å². The van der Waals surface area contributed by atoms with Crippen molar-refractivity contribution in [2.75, 3.05) is 26.2 Å². The molecule has 2 fully saturated rings. The molecule has 2 heteroatoms. The van der Waals surface area contributed by atoms with Crippen LogP contribution in [0.1, 0.15) is 66.2 Å². The van der Waals surface area contributed by atoms with E-state index in [0.29, 0.717) is 5.41 Å². The average Bonchev–Trinajstić information content (AvgIpc) is 2.40. The Bertz CT molecular complexity index is 274. The van der Waals surface area contributed by atoms with Crippen LogP contribution < -0.4 is 5.32 Å². The molecule has 2 atom stereocenters. The van der Waals surface area contributed by atoms with Crippen molar-refractivity contribution in [2.24, 2.45) is 17.3 Å². The van der Waals surface area contributed by atoms with Crippen LogP contribution in [-0.2, 0) is 0 Å². The van der Waals surface area contributed by atoms with Gasteiger partial charge in [-0.15, -0.1) is 0 Å². The first-order valence-corrected chi connectivity index (χ1v) is 8.92. The van der Waals surface area contributed by atoms with Crippen LogP contribution in [0, 0.1) is 17.3 Å². The van der Waals surface area contributed by atoms with E-state index in [4.69, 9.17) is 0 Å².